The normalized spacial score (nSPS) is 17.5. The smallest absolute Gasteiger partial charge is 0.326 e. The number of aromatic nitrogens is 4. The van der Waals surface area contributed by atoms with Crippen molar-refractivity contribution < 1.29 is 24.3 Å². The number of nitrogens with zero attached hydrogens (tertiary/aromatic N) is 2. The van der Waals surface area contributed by atoms with Gasteiger partial charge in [-0.3, -0.25) is 14.4 Å². The van der Waals surface area contributed by atoms with Gasteiger partial charge in [0.25, 0.3) is 0 Å². The minimum absolute atomic E-state index is 0.0433. The van der Waals surface area contributed by atoms with Crippen molar-refractivity contribution in [2.75, 3.05) is 13.1 Å². The van der Waals surface area contributed by atoms with Crippen molar-refractivity contribution in [1.29, 1.82) is 0 Å². The molecular weight excluding hydrogens is 482 g/mol. The first kappa shape index (κ1) is 27.8. The number of imidazole rings is 2. The zero-order chi connectivity index (χ0) is 26.6. The zero-order valence-corrected chi connectivity index (χ0v) is 20.5. The second kappa shape index (κ2) is 14.1. The fourth-order valence-corrected chi connectivity index (χ4v) is 4.13. The van der Waals surface area contributed by atoms with E-state index in [4.69, 9.17) is 5.73 Å². The van der Waals surface area contributed by atoms with Crippen LogP contribution in [0.15, 0.2) is 25.0 Å². The molecule has 0 radical (unpaired) electrons. The maximum absolute atomic E-state index is 13.4. The highest BCUT2D eigenvalue weighted by atomic mass is 16.4. The average molecular weight is 518 g/mol. The quantitative estimate of drug-likeness (QED) is 0.126. The van der Waals surface area contributed by atoms with Crippen LogP contribution >= 0.6 is 0 Å². The van der Waals surface area contributed by atoms with E-state index >= 15 is 0 Å². The van der Waals surface area contributed by atoms with Crippen molar-refractivity contribution in [2.24, 2.45) is 5.73 Å². The lowest BCUT2D eigenvalue weighted by Gasteiger charge is -2.25. The molecule has 0 spiro atoms. The molecular formula is C23H35N9O5. The molecule has 2 aromatic rings. The molecule has 4 unspecified atom stereocenters. The van der Waals surface area contributed by atoms with Crippen LogP contribution in [-0.4, -0.2) is 86.0 Å². The topological polar surface area (TPSA) is 220 Å². The Hall–Kier alpha value is -3.78. The molecule has 1 aliphatic heterocycles. The van der Waals surface area contributed by atoms with Gasteiger partial charge in [-0.15, -0.1) is 0 Å². The fourth-order valence-electron chi connectivity index (χ4n) is 4.13. The molecule has 37 heavy (non-hydrogen) atoms. The molecule has 1 saturated heterocycles. The van der Waals surface area contributed by atoms with Gasteiger partial charge in [0.05, 0.1) is 18.7 Å². The second-order valence-corrected chi connectivity index (χ2v) is 9.02. The number of unbranched alkanes of at least 4 members (excludes halogenated alkanes) is 1. The summed E-state index contributed by atoms with van der Waals surface area (Å²) >= 11 is 0. The molecule has 0 aromatic carbocycles. The predicted octanol–water partition coefficient (Wildman–Crippen LogP) is -1.66. The maximum atomic E-state index is 13.4. The maximum Gasteiger partial charge on any atom is 0.326 e. The summed E-state index contributed by atoms with van der Waals surface area (Å²) in [6.45, 7) is 1.14. The van der Waals surface area contributed by atoms with Gasteiger partial charge in [0, 0.05) is 36.6 Å². The minimum atomic E-state index is -1.18. The lowest BCUT2D eigenvalue weighted by atomic mass is 10.1. The Balaban J connectivity index is 1.74. The van der Waals surface area contributed by atoms with E-state index in [1.807, 2.05) is 0 Å². The van der Waals surface area contributed by atoms with E-state index in [9.17, 15) is 24.3 Å². The van der Waals surface area contributed by atoms with Gasteiger partial charge in [-0.05, 0) is 45.2 Å². The molecule has 0 saturated carbocycles. The van der Waals surface area contributed by atoms with Crippen molar-refractivity contribution in [1.82, 2.24) is 41.2 Å². The summed E-state index contributed by atoms with van der Waals surface area (Å²) in [4.78, 5) is 64.7. The molecule has 3 heterocycles. The van der Waals surface area contributed by atoms with Gasteiger partial charge >= 0.3 is 5.97 Å². The number of amides is 3. The van der Waals surface area contributed by atoms with Gasteiger partial charge < -0.3 is 42.1 Å². The largest absolute Gasteiger partial charge is 0.480 e. The van der Waals surface area contributed by atoms with Crippen LogP contribution in [0.3, 0.4) is 0 Å². The van der Waals surface area contributed by atoms with E-state index in [-0.39, 0.29) is 25.2 Å². The third-order valence-corrected chi connectivity index (χ3v) is 6.16. The minimum Gasteiger partial charge on any atom is -0.480 e. The fraction of sp³-hybridized carbons (Fsp3) is 0.565. The van der Waals surface area contributed by atoms with E-state index in [1.165, 1.54) is 18.9 Å². The van der Waals surface area contributed by atoms with Crippen LogP contribution in [0.5, 0.6) is 0 Å². The highest BCUT2D eigenvalue weighted by molar-refractivity contribution is 5.94. The van der Waals surface area contributed by atoms with E-state index in [0.29, 0.717) is 37.2 Å². The number of nitrogens with two attached hydrogens (primary N) is 1. The Bertz CT molecular complexity index is 1010. The summed E-state index contributed by atoms with van der Waals surface area (Å²) in [7, 11) is 0. The van der Waals surface area contributed by atoms with Crippen molar-refractivity contribution >= 4 is 23.7 Å². The first-order chi connectivity index (χ1) is 17.9. The predicted molar refractivity (Wildman–Crippen MR) is 132 cm³/mol. The zero-order valence-electron chi connectivity index (χ0n) is 20.5. The van der Waals surface area contributed by atoms with Crippen LogP contribution in [0.2, 0.25) is 0 Å². The van der Waals surface area contributed by atoms with Gasteiger partial charge in [-0.25, -0.2) is 14.8 Å². The lowest BCUT2D eigenvalue weighted by molar-refractivity contribution is -0.142. The van der Waals surface area contributed by atoms with Crippen molar-refractivity contribution in [3.05, 3.63) is 36.4 Å². The third-order valence-electron chi connectivity index (χ3n) is 6.16. The number of nitrogens with one attached hydrogen (secondary N) is 6. The molecule has 14 nitrogen and oxygen atoms in total. The summed E-state index contributed by atoms with van der Waals surface area (Å²) in [5, 5.41) is 20.7. The number of carboxylic acid groups (broad SMARTS) is 1. The van der Waals surface area contributed by atoms with Crippen LogP contribution < -0.4 is 27.0 Å². The summed E-state index contributed by atoms with van der Waals surface area (Å²) < 4.78 is 0. The molecule has 3 amide bonds. The van der Waals surface area contributed by atoms with E-state index < -0.39 is 42.0 Å². The first-order valence-corrected chi connectivity index (χ1v) is 12.4. The molecule has 14 heteroatoms. The summed E-state index contributed by atoms with van der Waals surface area (Å²) in [5.74, 6) is -2.73. The van der Waals surface area contributed by atoms with Crippen molar-refractivity contribution in [3.8, 4) is 0 Å². The summed E-state index contributed by atoms with van der Waals surface area (Å²) in [5.41, 5.74) is 6.68. The first-order valence-electron chi connectivity index (χ1n) is 12.4. The number of hydrogen-bond donors (Lipinski definition) is 8. The highest BCUT2D eigenvalue weighted by Gasteiger charge is 2.32. The molecule has 202 valence electrons. The number of aliphatic carboxylic acids is 1. The molecule has 2 aromatic heterocycles. The van der Waals surface area contributed by atoms with Crippen LogP contribution in [0.1, 0.15) is 43.5 Å². The monoisotopic (exact) mass is 517 g/mol. The molecule has 4 atom stereocenters. The van der Waals surface area contributed by atoms with Gasteiger partial charge in [0.15, 0.2) is 0 Å². The molecule has 0 aliphatic carbocycles. The van der Waals surface area contributed by atoms with Crippen molar-refractivity contribution in [3.63, 3.8) is 0 Å². The third kappa shape index (κ3) is 8.68. The SMILES string of the molecule is NCCCCC(NC(=O)C(Cc1cnc[nH]1)NC(=O)C(Cc1cnc[nH]1)NC(=O)C1CCCN1)C(=O)O. The number of aromatic amines is 2. The Kier molecular flexibility index (Phi) is 10.6. The number of carbonyl (C=O) groups is 4. The van der Waals surface area contributed by atoms with Crippen LogP contribution in [0.25, 0.3) is 0 Å². The number of hydrogen-bond acceptors (Lipinski definition) is 8. The molecule has 9 N–H and O–H groups in total. The van der Waals surface area contributed by atoms with E-state index in [1.54, 1.807) is 6.20 Å². The Morgan fingerprint density at radius 1 is 0.946 bits per heavy atom. The number of carboxylic acids is 1. The summed E-state index contributed by atoms with van der Waals surface area (Å²) in [6, 6.07) is -3.64. The molecule has 1 fully saturated rings. The summed E-state index contributed by atoms with van der Waals surface area (Å²) in [6.07, 6.45) is 9.01. The molecule has 1 aliphatic rings. The second-order valence-electron chi connectivity index (χ2n) is 9.02. The Morgan fingerprint density at radius 2 is 1.54 bits per heavy atom. The lowest BCUT2D eigenvalue weighted by Crippen LogP contribution is -2.58. The Morgan fingerprint density at radius 3 is 2.03 bits per heavy atom. The standard InChI is InChI=1S/C23H35N9O5/c24-6-2-1-4-17(23(36)37)30-21(34)18(8-14-10-25-12-28-14)32-22(35)19(9-15-11-26-13-29-15)31-20(33)16-5-3-7-27-16/h10-13,16-19,27H,1-9,24H2,(H,25,28)(H,26,29)(H,30,34)(H,31,33)(H,32,35)(H,36,37). The number of H-pyrrole nitrogens is 2. The van der Waals surface area contributed by atoms with Crippen LogP contribution in [0.4, 0.5) is 0 Å². The number of carbonyl (C=O) groups excluding carboxylic acids is 3. The van der Waals surface area contributed by atoms with Gasteiger partial charge in [0.2, 0.25) is 17.7 Å². The Labute approximate surface area is 214 Å². The highest BCUT2D eigenvalue weighted by Crippen LogP contribution is 2.08. The van der Waals surface area contributed by atoms with E-state index in [0.717, 1.165) is 13.0 Å². The number of rotatable bonds is 15. The van der Waals surface area contributed by atoms with E-state index in [2.05, 4.69) is 41.2 Å². The molecule has 3 rings (SSSR count). The average Bonchev–Trinajstić information content (AvgIpc) is 3.66. The molecule has 0 bridgehead atoms. The van der Waals surface area contributed by atoms with Gasteiger partial charge in [-0.1, -0.05) is 0 Å². The van der Waals surface area contributed by atoms with Gasteiger partial charge in [-0.2, -0.15) is 0 Å². The van der Waals surface area contributed by atoms with Crippen molar-refractivity contribution in [2.45, 2.75) is 69.1 Å². The van der Waals surface area contributed by atoms with Crippen LogP contribution in [0, 0.1) is 0 Å². The van der Waals surface area contributed by atoms with Crippen LogP contribution in [-0.2, 0) is 32.0 Å². The van der Waals surface area contributed by atoms with Gasteiger partial charge in [0.1, 0.15) is 18.1 Å².